The minimum atomic E-state index is 0.159. The summed E-state index contributed by atoms with van der Waals surface area (Å²) in [4.78, 5) is 12.9. The molecule has 0 heterocycles. The summed E-state index contributed by atoms with van der Waals surface area (Å²) >= 11 is 5.12. The number of rotatable bonds is 4. The lowest BCUT2D eigenvalue weighted by Crippen LogP contribution is -2.23. The lowest BCUT2D eigenvalue weighted by molar-refractivity contribution is -0.125. The summed E-state index contributed by atoms with van der Waals surface area (Å²) in [6.45, 7) is 0. The molecule has 82 valence electrons. The summed E-state index contributed by atoms with van der Waals surface area (Å²) in [7, 11) is 3.56. The van der Waals surface area contributed by atoms with Gasteiger partial charge in [-0.3, -0.25) is 4.79 Å². The molecular weight excluding hydrogens is 274 g/mol. The number of thioether (sulfide) groups is 1. The van der Waals surface area contributed by atoms with Crippen molar-refractivity contribution in [3.05, 3.63) is 34.3 Å². The zero-order valence-electron chi connectivity index (χ0n) is 8.87. The molecule has 0 atom stereocenters. The third-order valence-corrected chi connectivity index (χ3v) is 3.68. The van der Waals surface area contributed by atoms with E-state index in [9.17, 15) is 4.79 Å². The maximum atomic E-state index is 11.3. The maximum absolute atomic E-state index is 11.3. The standard InChI is InChI=1S/C11H14BrNOS/c1-13(2)11(14)8-15-7-9-5-3-4-6-10(9)12/h3-6H,7-8H2,1-2H3. The molecule has 0 N–H and O–H groups in total. The number of amides is 1. The van der Waals surface area contributed by atoms with Crippen LogP contribution in [0.1, 0.15) is 5.56 Å². The highest BCUT2D eigenvalue weighted by Gasteiger charge is 2.04. The van der Waals surface area contributed by atoms with E-state index in [0.717, 1.165) is 10.2 Å². The van der Waals surface area contributed by atoms with Gasteiger partial charge >= 0.3 is 0 Å². The first-order valence-corrected chi connectivity index (χ1v) is 6.57. The molecule has 0 radical (unpaired) electrons. The van der Waals surface area contributed by atoms with Crippen molar-refractivity contribution in [2.75, 3.05) is 19.8 Å². The van der Waals surface area contributed by atoms with E-state index in [2.05, 4.69) is 22.0 Å². The van der Waals surface area contributed by atoms with Gasteiger partial charge in [0.05, 0.1) is 5.75 Å². The van der Waals surface area contributed by atoms with Crippen LogP contribution in [-0.4, -0.2) is 30.7 Å². The maximum Gasteiger partial charge on any atom is 0.232 e. The average Bonchev–Trinajstić information content (AvgIpc) is 2.20. The Morgan fingerprint density at radius 3 is 2.67 bits per heavy atom. The molecule has 0 bridgehead atoms. The van der Waals surface area contributed by atoms with Crippen molar-refractivity contribution < 1.29 is 4.79 Å². The molecule has 0 aliphatic carbocycles. The first-order chi connectivity index (χ1) is 7.11. The monoisotopic (exact) mass is 287 g/mol. The summed E-state index contributed by atoms with van der Waals surface area (Å²) in [5, 5.41) is 0. The normalized spacial score (nSPS) is 10.1. The second kappa shape index (κ2) is 6.18. The number of halogens is 1. The highest BCUT2D eigenvalue weighted by atomic mass is 79.9. The van der Waals surface area contributed by atoms with Gasteiger partial charge in [-0.1, -0.05) is 34.1 Å². The third kappa shape index (κ3) is 4.26. The molecule has 1 aromatic rings. The number of hydrogen-bond acceptors (Lipinski definition) is 2. The Bertz CT molecular complexity index is 341. The zero-order valence-corrected chi connectivity index (χ0v) is 11.3. The Labute approximate surface area is 103 Å². The number of carbonyl (C=O) groups is 1. The van der Waals surface area contributed by atoms with Gasteiger partial charge in [0, 0.05) is 24.3 Å². The molecule has 1 rings (SSSR count). The van der Waals surface area contributed by atoms with Crippen molar-refractivity contribution >= 4 is 33.6 Å². The molecule has 0 aliphatic rings. The molecule has 4 heteroatoms. The summed E-state index contributed by atoms with van der Waals surface area (Å²) in [5.41, 5.74) is 1.23. The van der Waals surface area contributed by atoms with E-state index in [1.165, 1.54) is 5.56 Å². The fourth-order valence-electron chi connectivity index (χ4n) is 0.993. The van der Waals surface area contributed by atoms with Crippen molar-refractivity contribution in [3.8, 4) is 0 Å². The number of nitrogens with zero attached hydrogens (tertiary/aromatic N) is 1. The van der Waals surface area contributed by atoms with Crippen LogP contribution >= 0.6 is 27.7 Å². The van der Waals surface area contributed by atoms with Crippen molar-refractivity contribution in [2.45, 2.75) is 5.75 Å². The Kier molecular flexibility index (Phi) is 5.19. The molecule has 0 unspecified atom stereocenters. The van der Waals surface area contributed by atoms with Crippen LogP contribution in [0.4, 0.5) is 0 Å². The minimum absolute atomic E-state index is 0.159. The van der Waals surface area contributed by atoms with Crippen LogP contribution in [0.15, 0.2) is 28.7 Å². The van der Waals surface area contributed by atoms with E-state index in [4.69, 9.17) is 0 Å². The van der Waals surface area contributed by atoms with Gasteiger partial charge in [-0.15, -0.1) is 11.8 Å². The zero-order chi connectivity index (χ0) is 11.3. The first kappa shape index (κ1) is 12.6. The van der Waals surface area contributed by atoms with Crippen LogP contribution in [0.25, 0.3) is 0 Å². The van der Waals surface area contributed by atoms with Gasteiger partial charge in [0.2, 0.25) is 5.91 Å². The van der Waals surface area contributed by atoms with E-state index in [1.807, 2.05) is 18.2 Å². The van der Waals surface area contributed by atoms with Gasteiger partial charge in [0.25, 0.3) is 0 Å². The lowest BCUT2D eigenvalue weighted by Gasteiger charge is -2.09. The fraction of sp³-hybridized carbons (Fsp3) is 0.364. The number of carbonyl (C=O) groups excluding carboxylic acids is 1. The Balaban J connectivity index is 2.38. The lowest BCUT2D eigenvalue weighted by atomic mass is 10.2. The summed E-state index contributed by atoms with van der Waals surface area (Å²) in [6, 6.07) is 8.08. The van der Waals surface area contributed by atoms with Gasteiger partial charge < -0.3 is 4.90 Å². The summed E-state index contributed by atoms with van der Waals surface area (Å²) in [5.74, 6) is 1.56. The van der Waals surface area contributed by atoms with Crippen molar-refractivity contribution in [1.82, 2.24) is 4.90 Å². The molecule has 15 heavy (non-hydrogen) atoms. The van der Waals surface area contributed by atoms with Crippen molar-refractivity contribution in [3.63, 3.8) is 0 Å². The molecule has 1 amide bonds. The Morgan fingerprint density at radius 2 is 2.07 bits per heavy atom. The van der Waals surface area contributed by atoms with Gasteiger partial charge in [-0.2, -0.15) is 0 Å². The van der Waals surface area contributed by atoms with Crippen molar-refractivity contribution in [1.29, 1.82) is 0 Å². The number of benzene rings is 1. The van der Waals surface area contributed by atoms with Gasteiger partial charge in [0.1, 0.15) is 0 Å². The van der Waals surface area contributed by atoms with Crippen LogP contribution < -0.4 is 0 Å². The van der Waals surface area contributed by atoms with Gasteiger partial charge in [0.15, 0.2) is 0 Å². The Hall–Kier alpha value is -0.480. The van der Waals surface area contributed by atoms with E-state index in [-0.39, 0.29) is 5.91 Å². The predicted molar refractivity (Wildman–Crippen MR) is 69.0 cm³/mol. The molecule has 0 saturated heterocycles. The smallest absolute Gasteiger partial charge is 0.232 e. The minimum Gasteiger partial charge on any atom is -0.348 e. The van der Waals surface area contributed by atoms with E-state index in [0.29, 0.717) is 5.75 Å². The highest BCUT2D eigenvalue weighted by Crippen LogP contribution is 2.21. The first-order valence-electron chi connectivity index (χ1n) is 4.62. The van der Waals surface area contributed by atoms with Crippen molar-refractivity contribution in [2.24, 2.45) is 0 Å². The molecular formula is C11H14BrNOS. The van der Waals surface area contributed by atoms with Crippen LogP contribution in [0.3, 0.4) is 0 Å². The third-order valence-electron chi connectivity index (χ3n) is 1.94. The van der Waals surface area contributed by atoms with Crippen LogP contribution in [0.5, 0.6) is 0 Å². The second-order valence-electron chi connectivity index (χ2n) is 3.37. The number of hydrogen-bond donors (Lipinski definition) is 0. The molecule has 0 fully saturated rings. The SMILES string of the molecule is CN(C)C(=O)CSCc1ccccc1Br. The molecule has 0 saturated carbocycles. The van der Waals surface area contributed by atoms with Gasteiger partial charge in [-0.05, 0) is 11.6 Å². The van der Waals surface area contributed by atoms with Crippen LogP contribution in [-0.2, 0) is 10.5 Å². The Morgan fingerprint density at radius 1 is 1.40 bits per heavy atom. The molecule has 0 aromatic heterocycles. The van der Waals surface area contributed by atoms with Crippen LogP contribution in [0, 0.1) is 0 Å². The molecule has 0 aliphatic heterocycles. The van der Waals surface area contributed by atoms with Gasteiger partial charge in [-0.25, -0.2) is 0 Å². The highest BCUT2D eigenvalue weighted by molar-refractivity contribution is 9.10. The second-order valence-corrected chi connectivity index (χ2v) is 5.21. The quantitative estimate of drug-likeness (QED) is 0.849. The molecule has 0 spiro atoms. The van der Waals surface area contributed by atoms with Crippen LogP contribution in [0.2, 0.25) is 0 Å². The molecule has 2 nitrogen and oxygen atoms in total. The van der Waals surface area contributed by atoms with E-state index >= 15 is 0 Å². The molecule has 1 aromatic carbocycles. The fourth-order valence-corrected chi connectivity index (χ4v) is 2.61. The predicted octanol–water partition coefficient (Wildman–Crippen LogP) is 2.77. The summed E-state index contributed by atoms with van der Waals surface area (Å²) < 4.78 is 1.11. The van der Waals surface area contributed by atoms with E-state index < -0.39 is 0 Å². The topological polar surface area (TPSA) is 20.3 Å². The largest absolute Gasteiger partial charge is 0.348 e. The summed E-state index contributed by atoms with van der Waals surface area (Å²) in [6.07, 6.45) is 0. The average molecular weight is 288 g/mol. The van der Waals surface area contributed by atoms with E-state index in [1.54, 1.807) is 30.8 Å².